The van der Waals surface area contributed by atoms with Crippen LogP contribution in [0.4, 0.5) is 28.7 Å². The van der Waals surface area contributed by atoms with E-state index in [-0.39, 0.29) is 42.8 Å². The van der Waals surface area contributed by atoms with Crippen LogP contribution in [0.2, 0.25) is 5.28 Å². The maximum atomic E-state index is 12.3. The van der Waals surface area contributed by atoms with Gasteiger partial charge in [0.25, 0.3) is 16.0 Å². The van der Waals surface area contributed by atoms with Crippen molar-refractivity contribution >= 4 is 107 Å². The van der Waals surface area contributed by atoms with Crippen LogP contribution in [0.15, 0.2) is 78.7 Å². The normalized spacial score (nSPS) is 11.7. The number of aromatic hydroxyl groups is 1. The number of amides is 1. The molecule has 0 aliphatic carbocycles. The summed E-state index contributed by atoms with van der Waals surface area (Å²) in [6.07, 6.45) is 0. The number of rotatable bonds is 12. The van der Waals surface area contributed by atoms with Crippen LogP contribution in [-0.2, 0) is 24.3 Å². The van der Waals surface area contributed by atoms with E-state index in [4.69, 9.17) is 16.9 Å². The van der Waals surface area contributed by atoms with Gasteiger partial charge in [-0.2, -0.15) is 23.4 Å². The van der Waals surface area contributed by atoms with Crippen LogP contribution < -0.4 is 10.6 Å². The molecule has 0 bridgehead atoms. The Balaban J connectivity index is 1.78. The first kappa shape index (κ1) is 33.5. The smallest absolute Gasteiger partial charge is 0.296 e. The summed E-state index contributed by atoms with van der Waals surface area (Å²) in [7, 11) is -4.94. The lowest BCUT2D eigenvalue weighted by Crippen LogP contribution is -2.10. The predicted molar refractivity (Wildman–Crippen MR) is 168 cm³/mol. The Morgan fingerprint density at radius 2 is 1.89 bits per heavy atom. The molecule has 4 aromatic rings. The lowest BCUT2D eigenvalue weighted by atomic mass is 10.1. The van der Waals surface area contributed by atoms with Crippen molar-refractivity contribution in [2.24, 2.45) is 10.2 Å². The van der Waals surface area contributed by atoms with Crippen LogP contribution in [0.3, 0.4) is 0 Å². The second kappa shape index (κ2) is 14.6. The molecule has 20 heteroatoms. The van der Waals surface area contributed by atoms with E-state index in [2.05, 4.69) is 67.7 Å². The monoisotopic (exact) mass is 743 g/mol. The SMILES string of the molecule is C=C(Br)C(=O)Nc1ccc2c(O)c(N=Nc3cc(Nc4nc(Cl)nc(SCC)n4)ccc3SOOO)c(S(=O)(=O)O)cc2c1. The lowest BCUT2D eigenvalue weighted by Gasteiger charge is -2.11. The molecule has 0 saturated carbocycles. The van der Waals surface area contributed by atoms with Crippen molar-refractivity contribution in [3.63, 3.8) is 0 Å². The summed E-state index contributed by atoms with van der Waals surface area (Å²) in [6.45, 7) is 5.39. The quantitative estimate of drug-likeness (QED) is 0.0185. The second-order valence-electron chi connectivity index (χ2n) is 8.22. The molecule has 0 aliphatic rings. The van der Waals surface area contributed by atoms with Gasteiger partial charge in [0.05, 0.1) is 21.4 Å². The largest absolute Gasteiger partial charge is 0.505 e. The summed E-state index contributed by atoms with van der Waals surface area (Å²) >= 11 is 10.9. The number of benzene rings is 3. The third-order valence-electron chi connectivity index (χ3n) is 5.32. The number of halogens is 2. The highest BCUT2D eigenvalue weighted by Crippen LogP contribution is 2.43. The van der Waals surface area contributed by atoms with Crippen LogP contribution >= 0.6 is 51.3 Å². The fourth-order valence-corrected chi connectivity index (χ4v) is 5.47. The first-order chi connectivity index (χ1) is 20.9. The number of azo groups is 1. The molecule has 0 atom stereocenters. The van der Waals surface area contributed by atoms with Gasteiger partial charge in [-0.25, -0.2) is 5.26 Å². The van der Waals surface area contributed by atoms with Gasteiger partial charge in [-0.05, 0) is 81.1 Å². The Hall–Kier alpha value is -3.40. The number of nitrogens with zero attached hydrogens (tertiary/aromatic N) is 5. The fourth-order valence-electron chi connectivity index (χ4n) is 3.53. The van der Waals surface area contributed by atoms with Crippen LogP contribution in [-0.4, -0.2) is 49.9 Å². The minimum Gasteiger partial charge on any atom is -0.505 e. The number of fused-ring (bicyclic) bond motifs is 1. The Morgan fingerprint density at radius 3 is 2.57 bits per heavy atom. The standard InChI is InChI=1S/C24H19BrClN7O8S3/c1-3-42-24-30-22(26)29-23(31-24)28-14-5-7-17(43-41-40-36)16(10-14)32-33-19-18(44(37,38)39)9-12-8-13(27-21(35)11(2)25)4-6-15(12)20(19)34/h4-10,34,36H,2-3H2,1H3,(H,27,35)(H,37,38,39)(H,28,29,30,31). The molecule has 1 aromatic heterocycles. The van der Waals surface area contributed by atoms with E-state index >= 15 is 0 Å². The van der Waals surface area contributed by atoms with Crippen molar-refractivity contribution < 1.29 is 37.5 Å². The molecule has 0 spiro atoms. The molecule has 5 N–H and O–H groups in total. The molecule has 0 saturated heterocycles. The van der Waals surface area contributed by atoms with E-state index in [0.29, 0.717) is 28.6 Å². The minimum atomic E-state index is -4.94. The maximum Gasteiger partial charge on any atom is 0.296 e. The highest BCUT2D eigenvalue weighted by Gasteiger charge is 2.23. The van der Waals surface area contributed by atoms with Crippen molar-refractivity contribution in [2.45, 2.75) is 21.9 Å². The first-order valence-corrected chi connectivity index (χ1v) is 16.2. The average Bonchev–Trinajstić information content (AvgIpc) is 2.95. The first-order valence-electron chi connectivity index (χ1n) is 11.8. The van der Waals surface area contributed by atoms with Gasteiger partial charge in [0.1, 0.15) is 16.3 Å². The third-order valence-corrected chi connectivity index (χ3v) is 8.10. The van der Waals surface area contributed by atoms with Crippen LogP contribution in [0, 0.1) is 0 Å². The summed E-state index contributed by atoms with van der Waals surface area (Å²) in [5, 5.41) is 37.4. The van der Waals surface area contributed by atoms with Crippen LogP contribution in [0.25, 0.3) is 10.8 Å². The van der Waals surface area contributed by atoms with Gasteiger partial charge in [-0.15, -0.1) is 14.6 Å². The number of aromatic nitrogens is 3. The Bertz CT molecular complexity index is 1900. The van der Waals surface area contributed by atoms with E-state index in [1.54, 1.807) is 6.07 Å². The highest BCUT2D eigenvalue weighted by molar-refractivity contribution is 9.12. The zero-order valence-electron chi connectivity index (χ0n) is 22.1. The van der Waals surface area contributed by atoms with Crippen molar-refractivity contribution in [3.8, 4) is 5.75 Å². The van der Waals surface area contributed by atoms with Crippen molar-refractivity contribution in [3.05, 3.63) is 58.8 Å². The number of anilines is 3. The Kier molecular flexibility index (Phi) is 11.1. The molecule has 1 heterocycles. The summed E-state index contributed by atoms with van der Waals surface area (Å²) in [5.41, 5.74) is 0.0930. The molecule has 3 aromatic carbocycles. The molecule has 0 fully saturated rings. The number of phenolic OH excluding ortho intramolecular Hbond substituents is 1. The highest BCUT2D eigenvalue weighted by atomic mass is 79.9. The molecule has 15 nitrogen and oxygen atoms in total. The van der Waals surface area contributed by atoms with E-state index in [1.165, 1.54) is 42.1 Å². The van der Waals surface area contributed by atoms with Crippen LogP contribution in [0.1, 0.15) is 6.92 Å². The Labute approximate surface area is 271 Å². The van der Waals surface area contributed by atoms with E-state index in [9.17, 15) is 22.9 Å². The number of carbonyl (C=O) groups excluding carboxylic acids is 1. The predicted octanol–water partition coefficient (Wildman–Crippen LogP) is 7.18. The van der Waals surface area contributed by atoms with E-state index < -0.39 is 32.4 Å². The summed E-state index contributed by atoms with van der Waals surface area (Å²) in [5.74, 6) is -0.354. The number of hydrogen-bond acceptors (Lipinski definition) is 15. The summed E-state index contributed by atoms with van der Waals surface area (Å²) < 4.78 is 39.2. The van der Waals surface area contributed by atoms with E-state index in [0.717, 1.165) is 6.07 Å². The number of hydrogen-bond donors (Lipinski definition) is 5. The summed E-state index contributed by atoms with van der Waals surface area (Å²) in [6, 6.07) is 9.81. The van der Waals surface area contributed by atoms with Crippen molar-refractivity contribution in [1.82, 2.24) is 15.0 Å². The molecular formula is C24H19BrClN7O8S3. The van der Waals surface area contributed by atoms with Gasteiger partial charge in [0.15, 0.2) is 10.9 Å². The number of thioether (sulfide) groups is 1. The van der Waals surface area contributed by atoms with Gasteiger partial charge >= 0.3 is 0 Å². The average molecular weight is 745 g/mol. The third kappa shape index (κ3) is 8.40. The maximum absolute atomic E-state index is 12.3. The molecule has 4 rings (SSSR count). The number of carbonyl (C=O) groups is 1. The molecule has 0 unspecified atom stereocenters. The zero-order chi connectivity index (χ0) is 32.0. The fraction of sp³-hybridized carbons (Fsp3) is 0.0833. The van der Waals surface area contributed by atoms with E-state index in [1.807, 2.05) is 6.92 Å². The molecule has 230 valence electrons. The molecule has 0 aliphatic heterocycles. The zero-order valence-corrected chi connectivity index (χ0v) is 26.8. The molecule has 44 heavy (non-hydrogen) atoms. The van der Waals surface area contributed by atoms with Crippen LogP contribution in [0.5, 0.6) is 5.75 Å². The van der Waals surface area contributed by atoms with Gasteiger partial charge in [0.2, 0.25) is 11.2 Å². The number of nitrogens with one attached hydrogen (secondary N) is 2. The lowest BCUT2D eigenvalue weighted by molar-refractivity contribution is -0.432. The summed E-state index contributed by atoms with van der Waals surface area (Å²) in [4.78, 5) is 23.8. The topological polar surface area (TPSA) is 218 Å². The Morgan fingerprint density at radius 1 is 1.14 bits per heavy atom. The van der Waals surface area contributed by atoms with Gasteiger partial charge in [-0.3, -0.25) is 9.35 Å². The van der Waals surface area contributed by atoms with Crippen molar-refractivity contribution in [1.29, 1.82) is 0 Å². The molecular weight excluding hydrogens is 726 g/mol. The minimum absolute atomic E-state index is 0.0355. The van der Waals surface area contributed by atoms with Crippen molar-refractivity contribution in [2.75, 3.05) is 16.4 Å². The second-order valence-corrected chi connectivity index (χ2v) is 12.9. The molecule has 0 radical (unpaired) electrons. The van der Waals surface area contributed by atoms with Gasteiger partial charge < -0.3 is 15.7 Å². The van der Waals surface area contributed by atoms with Gasteiger partial charge in [-0.1, -0.05) is 30.3 Å². The van der Waals surface area contributed by atoms with Gasteiger partial charge in [0, 0.05) is 16.8 Å². The molecule has 1 amide bonds. The number of phenols is 1.